The van der Waals surface area contributed by atoms with Gasteiger partial charge in [0.05, 0.1) is 8.04 Å². The molecular formula is C20H17BrClIN2O2. The first kappa shape index (κ1) is 21.7. The van der Waals surface area contributed by atoms with E-state index in [1.54, 1.807) is 6.08 Å². The number of amides is 1. The molecule has 2 aromatic carbocycles. The first-order chi connectivity index (χ1) is 12.8. The van der Waals surface area contributed by atoms with E-state index in [1.165, 1.54) is 0 Å². The maximum atomic E-state index is 12.1. The van der Waals surface area contributed by atoms with Crippen molar-refractivity contribution in [3.63, 3.8) is 0 Å². The molecule has 0 aliphatic carbocycles. The van der Waals surface area contributed by atoms with Gasteiger partial charge in [-0.25, -0.2) is 0 Å². The minimum absolute atomic E-state index is 0.0401. The fourth-order valence-electron chi connectivity index (χ4n) is 2.22. The van der Waals surface area contributed by atoms with Crippen LogP contribution in [0.4, 0.5) is 0 Å². The van der Waals surface area contributed by atoms with E-state index in [9.17, 15) is 10.1 Å². The summed E-state index contributed by atoms with van der Waals surface area (Å²) in [5, 5.41) is 12.6. The molecular weight excluding hydrogens is 542 g/mol. The van der Waals surface area contributed by atoms with Crippen molar-refractivity contribution in [2.75, 3.05) is 0 Å². The molecule has 0 aliphatic heterocycles. The summed E-state index contributed by atoms with van der Waals surface area (Å²) in [7, 11) is 0. The molecule has 27 heavy (non-hydrogen) atoms. The molecule has 0 bridgehead atoms. The number of nitriles is 1. The highest BCUT2D eigenvalue weighted by molar-refractivity contribution is 14.1. The quantitative estimate of drug-likeness (QED) is 0.280. The summed E-state index contributed by atoms with van der Waals surface area (Å²) in [6.07, 6.45) is 1.56. The van der Waals surface area contributed by atoms with Gasteiger partial charge in [-0.15, -0.1) is 0 Å². The number of hydrogen-bond acceptors (Lipinski definition) is 3. The van der Waals surface area contributed by atoms with E-state index in [1.807, 2.05) is 56.3 Å². The molecule has 0 unspecified atom stereocenters. The summed E-state index contributed by atoms with van der Waals surface area (Å²) in [6.45, 7) is 4.03. The second-order valence-electron chi connectivity index (χ2n) is 5.99. The van der Waals surface area contributed by atoms with Gasteiger partial charge in [-0.3, -0.25) is 4.79 Å². The zero-order valence-corrected chi connectivity index (χ0v) is 19.2. The lowest BCUT2D eigenvalue weighted by molar-refractivity contribution is -0.117. The van der Waals surface area contributed by atoms with Gasteiger partial charge in [0.1, 0.15) is 24.0 Å². The summed E-state index contributed by atoms with van der Waals surface area (Å²) in [4.78, 5) is 12.1. The Kier molecular flexibility index (Phi) is 8.14. The Balaban J connectivity index is 2.23. The predicted molar refractivity (Wildman–Crippen MR) is 120 cm³/mol. The molecule has 1 N–H and O–H groups in total. The molecule has 0 radical (unpaired) electrons. The highest BCUT2D eigenvalue weighted by Gasteiger charge is 2.13. The van der Waals surface area contributed by atoms with Gasteiger partial charge in [0, 0.05) is 16.6 Å². The number of rotatable bonds is 6. The molecule has 0 fully saturated rings. The van der Waals surface area contributed by atoms with Crippen LogP contribution in [0, 0.1) is 14.9 Å². The zero-order valence-electron chi connectivity index (χ0n) is 14.7. The largest absolute Gasteiger partial charge is 0.487 e. The molecule has 0 aromatic heterocycles. The molecule has 0 spiro atoms. The third kappa shape index (κ3) is 6.23. The average molecular weight is 560 g/mol. The van der Waals surface area contributed by atoms with Gasteiger partial charge in [0.25, 0.3) is 5.91 Å². The van der Waals surface area contributed by atoms with Gasteiger partial charge in [0.15, 0.2) is 0 Å². The fourth-order valence-corrected chi connectivity index (χ4v) is 4.18. The molecule has 7 heteroatoms. The van der Waals surface area contributed by atoms with E-state index >= 15 is 0 Å². The minimum Gasteiger partial charge on any atom is -0.487 e. The Morgan fingerprint density at radius 2 is 2.11 bits per heavy atom. The summed E-state index contributed by atoms with van der Waals surface area (Å²) in [5.41, 5.74) is 1.67. The molecule has 140 valence electrons. The second kappa shape index (κ2) is 10.1. The molecule has 4 nitrogen and oxygen atoms in total. The second-order valence-corrected chi connectivity index (χ2v) is 8.42. The van der Waals surface area contributed by atoms with Gasteiger partial charge in [-0.2, -0.15) is 5.26 Å². The highest BCUT2D eigenvalue weighted by atomic mass is 127. The number of nitrogens with one attached hydrogen (secondary N) is 1. The van der Waals surface area contributed by atoms with Gasteiger partial charge in [0.2, 0.25) is 0 Å². The van der Waals surface area contributed by atoms with E-state index in [-0.39, 0.29) is 11.6 Å². The summed E-state index contributed by atoms with van der Waals surface area (Å²) < 4.78 is 7.50. The molecule has 0 atom stereocenters. The maximum absolute atomic E-state index is 12.1. The van der Waals surface area contributed by atoms with Crippen LogP contribution < -0.4 is 10.1 Å². The van der Waals surface area contributed by atoms with Crippen molar-refractivity contribution >= 4 is 62.1 Å². The van der Waals surface area contributed by atoms with Gasteiger partial charge >= 0.3 is 0 Å². The Hall–Kier alpha value is -1.56. The SMILES string of the molecule is CC(C)NC(=O)/C(C#N)=C\c1cc(Br)c(OCc2ccccc2Cl)c(I)c1. The predicted octanol–water partition coefficient (Wildman–Crippen LogP) is 5.72. The minimum atomic E-state index is -0.391. The normalized spacial score (nSPS) is 11.2. The van der Waals surface area contributed by atoms with E-state index in [0.717, 1.165) is 19.2 Å². The van der Waals surface area contributed by atoms with Crippen LogP contribution in [0.3, 0.4) is 0 Å². The summed E-state index contributed by atoms with van der Waals surface area (Å²) in [5.74, 6) is 0.287. The zero-order chi connectivity index (χ0) is 20.0. The van der Waals surface area contributed by atoms with Crippen LogP contribution in [0.15, 0.2) is 46.4 Å². The Labute approximate surface area is 185 Å². The van der Waals surface area contributed by atoms with Crippen molar-refractivity contribution in [1.29, 1.82) is 5.26 Å². The van der Waals surface area contributed by atoms with Crippen LogP contribution in [0.25, 0.3) is 6.08 Å². The number of ether oxygens (including phenoxy) is 1. The highest BCUT2D eigenvalue weighted by Crippen LogP contribution is 2.33. The number of halogens is 3. The van der Waals surface area contributed by atoms with Crippen LogP contribution in [0.5, 0.6) is 5.75 Å². The monoisotopic (exact) mass is 558 g/mol. The van der Waals surface area contributed by atoms with Crippen molar-refractivity contribution in [3.8, 4) is 11.8 Å². The van der Waals surface area contributed by atoms with Crippen molar-refractivity contribution in [2.24, 2.45) is 0 Å². The van der Waals surface area contributed by atoms with Crippen molar-refractivity contribution in [1.82, 2.24) is 5.32 Å². The van der Waals surface area contributed by atoms with Crippen molar-refractivity contribution in [3.05, 3.63) is 66.2 Å². The van der Waals surface area contributed by atoms with E-state index in [0.29, 0.717) is 17.4 Å². The summed E-state index contributed by atoms with van der Waals surface area (Å²) in [6, 6.07) is 13.1. The third-order valence-electron chi connectivity index (χ3n) is 3.45. The van der Waals surface area contributed by atoms with Crippen LogP contribution >= 0.6 is 50.1 Å². The molecule has 2 aromatic rings. The van der Waals surface area contributed by atoms with Gasteiger partial charge in [-0.05, 0) is 82.2 Å². The standard InChI is InChI=1S/C20H17BrClIN2O2/c1-12(2)25-20(26)15(10-24)7-13-8-16(21)19(18(23)9-13)27-11-14-5-3-4-6-17(14)22/h3-9,12H,11H2,1-2H3,(H,25,26)/b15-7-. The fraction of sp³-hybridized carbons (Fsp3) is 0.200. The van der Waals surface area contributed by atoms with Crippen LogP contribution in [-0.4, -0.2) is 11.9 Å². The van der Waals surface area contributed by atoms with Crippen LogP contribution in [0.1, 0.15) is 25.0 Å². The van der Waals surface area contributed by atoms with E-state index in [2.05, 4.69) is 43.8 Å². The van der Waals surface area contributed by atoms with Crippen LogP contribution in [0.2, 0.25) is 5.02 Å². The van der Waals surface area contributed by atoms with Crippen LogP contribution in [-0.2, 0) is 11.4 Å². The molecule has 2 rings (SSSR count). The van der Waals surface area contributed by atoms with Crippen molar-refractivity contribution in [2.45, 2.75) is 26.5 Å². The third-order valence-corrected chi connectivity index (χ3v) is 5.21. The van der Waals surface area contributed by atoms with E-state index in [4.69, 9.17) is 16.3 Å². The molecule has 1 amide bonds. The number of carbonyl (C=O) groups is 1. The Morgan fingerprint density at radius 1 is 1.41 bits per heavy atom. The Morgan fingerprint density at radius 3 is 2.70 bits per heavy atom. The maximum Gasteiger partial charge on any atom is 0.262 e. The van der Waals surface area contributed by atoms with Gasteiger partial charge < -0.3 is 10.1 Å². The summed E-state index contributed by atoms with van der Waals surface area (Å²) >= 11 is 11.8. The number of benzene rings is 2. The average Bonchev–Trinajstić information content (AvgIpc) is 2.59. The smallest absolute Gasteiger partial charge is 0.262 e. The number of hydrogen-bond donors (Lipinski definition) is 1. The lowest BCUT2D eigenvalue weighted by atomic mass is 10.1. The lowest BCUT2D eigenvalue weighted by Gasteiger charge is -2.12. The topological polar surface area (TPSA) is 62.1 Å². The molecule has 0 saturated heterocycles. The van der Waals surface area contributed by atoms with Gasteiger partial charge in [-0.1, -0.05) is 29.8 Å². The molecule has 0 aliphatic rings. The molecule has 0 heterocycles. The number of nitrogens with zero attached hydrogens (tertiary/aromatic N) is 1. The molecule has 0 saturated carbocycles. The Bertz CT molecular complexity index is 899. The van der Waals surface area contributed by atoms with E-state index < -0.39 is 5.91 Å². The number of carbonyl (C=O) groups excluding carboxylic acids is 1. The lowest BCUT2D eigenvalue weighted by Crippen LogP contribution is -2.30. The first-order valence-corrected chi connectivity index (χ1v) is 10.3. The van der Waals surface area contributed by atoms with Crippen molar-refractivity contribution < 1.29 is 9.53 Å². The first-order valence-electron chi connectivity index (χ1n) is 8.09.